The summed E-state index contributed by atoms with van der Waals surface area (Å²) < 4.78 is 79.6. The van der Waals surface area contributed by atoms with Crippen LogP contribution in [0.15, 0.2) is 49.2 Å². The molecule has 1 aliphatic rings. The van der Waals surface area contributed by atoms with E-state index in [2.05, 4.69) is 20.1 Å². The third-order valence-electron chi connectivity index (χ3n) is 4.82. The molecule has 0 aliphatic carbocycles. The summed E-state index contributed by atoms with van der Waals surface area (Å²) >= 11 is 0. The number of nitrogens with zero attached hydrogens (tertiary/aromatic N) is 7. The number of carbonyl (C=O) groups excluding carboxylic acids is 1. The third kappa shape index (κ3) is 5.00. The molecule has 2 aromatic heterocycles. The van der Waals surface area contributed by atoms with Crippen molar-refractivity contribution in [3.8, 4) is 11.4 Å². The van der Waals surface area contributed by atoms with Crippen molar-refractivity contribution in [1.82, 2.24) is 29.7 Å². The summed E-state index contributed by atoms with van der Waals surface area (Å²) in [4.78, 5) is 24.5. The highest BCUT2D eigenvalue weighted by atomic mass is 19.4. The zero-order valence-electron chi connectivity index (χ0n) is 17.1. The number of rotatable bonds is 4. The number of anilines is 1. The summed E-state index contributed by atoms with van der Waals surface area (Å²) in [7, 11) is 0. The molecule has 14 heteroatoms. The van der Waals surface area contributed by atoms with Crippen LogP contribution < -0.4 is 5.01 Å². The fourth-order valence-corrected chi connectivity index (χ4v) is 3.29. The van der Waals surface area contributed by atoms with Gasteiger partial charge < -0.3 is 0 Å². The minimum absolute atomic E-state index is 0.0258. The Morgan fingerprint density at radius 1 is 0.941 bits per heavy atom. The molecule has 1 aromatic carbocycles. The van der Waals surface area contributed by atoms with Gasteiger partial charge in [-0.2, -0.15) is 26.3 Å². The van der Waals surface area contributed by atoms with Gasteiger partial charge in [-0.25, -0.2) is 19.7 Å². The molecular formula is C20H15F6N7O. The lowest BCUT2D eigenvalue weighted by Crippen LogP contribution is -2.41. The molecule has 1 aliphatic heterocycles. The summed E-state index contributed by atoms with van der Waals surface area (Å²) in [6, 6.07) is 1.09. The van der Waals surface area contributed by atoms with Crippen molar-refractivity contribution in [3.63, 3.8) is 0 Å². The summed E-state index contributed by atoms with van der Waals surface area (Å²) in [5, 5.41) is 6.96. The van der Waals surface area contributed by atoms with Crippen LogP contribution in [0.2, 0.25) is 0 Å². The van der Waals surface area contributed by atoms with E-state index in [-0.39, 0.29) is 11.9 Å². The van der Waals surface area contributed by atoms with E-state index in [9.17, 15) is 31.1 Å². The Kier molecular flexibility index (Phi) is 5.98. The summed E-state index contributed by atoms with van der Waals surface area (Å²) in [6.45, 7) is 0.968. The van der Waals surface area contributed by atoms with Crippen LogP contribution in [0, 0.1) is 0 Å². The molecule has 1 fully saturated rings. The maximum absolute atomic E-state index is 13.1. The van der Waals surface area contributed by atoms with Crippen LogP contribution in [0.1, 0.15) is 17.5 Å². The normalized spacial score (nSPS) is 14.9. The molecule has 178 valence electrons. The van der Waals surface area contributed by atoms with Gasteiger partial charge in [-0.05, 0) is 24.6 Å². The van der Waals surface area contributed by atoms with Gasteiger partial charge in [0.25, 0.3) is 5.91 Å². The van der Waals surface area contributed by atoms with Gasteiger partial charge >= 0.3 is 12.4 Å². The Morgan fingerprint density at radius 3 is 2.26 bits per heavy atom. The van der Waals surface area contributed by atoms with Gasteiger partial charge in [-0.1, -0.05) is 0 Å². The zero-order chi connectivity index (χ0) is 24.5. The molecule has 0 spiro atoms. The molecule has 4 rings (SSSR count). The lowest BCUT2D eigenvalue weighted by atomic mass is 10.0. The Morgan fingerprint density at radius 2 is 1.65 bits per heavy atom. The van der Waals surface area contributed by atoms with E-state index >= 15 is 0 Å². The number of aromatic nitrogens is 5. The minimum Gasteiger partial charge on any atom is -0.268 e. The van der Waals surface area contributed by atoms with E-state index < -0.39 is 35.0 Å². The fraction of sp³-hybridized carbons (Fsp3) is 0.250. The molecule has 0 saturated carbocycles. The van der Waals surface area contributed by atoms with Crippen LogP contribution >= 0.6 is 0 Å². The Balaban J connectivity index is 1.55. The lowest BCUT2D eigenvalue weighted by Gasteiger charge is -2.27. The minimum atomic E-state index is -4.99. The fourth-order valence-electron chi connectivity index (χ4n) is 3.29. The van der Waals surface area contributed by atoms with Gasteiger partial charge in [-0.3, -0.25) is 14.8 Å². The number of hydrogen-bond acceptors (Lipinski definition) is 6. The maximum Gasteiger partial charge on any atom is 0.416 e. The zero-order valence-corrected chi connectivity index (χ0v) is 17.1. The van der Waals surface area contributed by atoms with Crippen LogP contribution in [-0.2, 0) is 17.1 Å². The van der Waals surface area contributed by atoms with E-state index in [1.54, 1.807) is 5.01 Å². The molecule has 0 bridgehead atoms. The number of halogens is 6. The van der Waals surface area contributed by atoms with Gasteiger partial charge in [0.2, 0.25) is 0 Å². The highest BCUT2D eigenvalue weighted by Crippen LogP contribution is 2.38. The number of hydrogen-bond donors (Lipinski definition) is 0. The highest BCUT2D eigenvalue weighted by molar-refractivity contribution is 5.91. The van der Waals surface area contributed by atoms with Crippen LogP contribution in [0.25, 0.3) is 17.6 Å². The van der Waals surface area contributed by atoms with E-state index in [0.717, 1.165) is 17.1 Å². The first-order valence-corrected chi connectivity index (χ1v) is 9.76. The molecule has 0 atom stereocenters. The number of amides is 1. The Hall–Kier alpha value is -3.97. The molecule has 8 nitrogen and oxygen atoms in total. The van der Waals surface area contributed by atoms with Crippen LogP contribution in [-0.4, -0.2) is 48.7 Å². The van der Waals surface area contributed by atoms with Crippen molar-refractivity contribution in [2.24, 2.45) is 0 Å². The average Bonchev–Trinajstić information content (AvgIpc) is 3.47. The van der Waals surface area contributed by atoms with Crippen molar-refractivity contribution >= 4 is 17.9 Å². The first kappa shape index (κ1) is 23.2. The Labute approximate surface area is 188 Å². The van der Waals surface area contributed by atoms with Gasteiger partial charge in [0.05, 0.1) is 17.3 Å². The van der Waals surface area contributed by atoms with Crippen molar-refractivity contribution in [3.05, 3.63) is 60.3 Å². The average molecular weight is 483 g/mol. The summed E-state index contributed by atoms with van der Waals surface area (Å²) in [6.07, 6.45) is -1.38. The van der Waals surface area contributed by atoms with Gasteiger partial charge in [0.1, 0.15) is 6.33 Å². The van der Waals surface area contributed by atoms with E-state index in [4.69, 9.17) is 0 Å². The molecule has 3 heterocycles. The molecular weight excluding hydrogens is 468 g/mol. The monoisotopic (exact) mass is 483 g/mol. The number of hydrazine groups is 1. The van der Waals surface area contributed by atoms with Crippen molar-refractivity contribution < 1.29 is 31.1 Å². The molecule has 0 N–H and O–H groups in total. The number of alkyl halides is 6. The van der Waals surface area contributed by atoms with E-state index in [0.29, 0.717) is 37.5 Å². The molecule has 0 radical (unpaired) electrons. The first-order valence-electron chi connectivity index (χ1n) is 9.76. The quantitative estimate of drug-likeness (QED) is 0.414. The topological polar surface area (TPSA) is 80.0 Å². The van der Waals surface area contributed by atoms with Crippen LogP contribution in [0.4, 0.5) is 32.2 Å². The number of benzene rings is 1. The second-order valence-electron chi connectivity index (χ2n) is 7.16. The van der Waals surface area contributed by atoms with Crippen LogP contribution in [0.5, 0.6) is 0 Å². The SMILES string of the molecule is O=C(/C=C\n1cnc(-c2cc(C(F)(F)F)cc(C(F)(F)F)c2)n1)N1CCCN1c1cnccn1. The lowest BCUT2D eigenvalue weighted by molar-refractivity contribution is -0.143. The van der Waals surface area contributed by atoms with Crippen LogP contribution in [0.3, 0.4) is 0 Å². The van der Waals surface area contributed by atoms with E-state index in [1.807, 2.05) is 0 Å². The largest absolute Gasteiger partial charge is 0.416 e. The maximum atomic E-state index is 13.1. The standard InChI is InChI=1S/C20H15F6N7O/c21-19(22,23)14-8-13(9-15(10-14)20(24,25)26)18-29-12-31(30-18)7-2-17(34)33-6-1-5-32(33)16-11-27-3-4-28-16/h2-4,7-12H,1,5-6H2/b7-2-. The van der Waals surface area contributed by atoms with E-state index in [1.165, 1.54) is 29.8 Å². The smallest absolute Gasteiger partial charge is 0.268 e. The second-order valence-corrected chi connectivity index (χ2v) is 7.16. The van der Waals surface area contributed by atoms with Crippen molar-refractivity contribution in [2.45, 2.75) is 18.8 Å². The second kappa shape index (κ2) is 8.76. The van der Waals surface area contributed by atoms with Gasteiger partial charge in [-0.15, -0.1) is 5.10 Å². The Bertz CT molecular complexity index is 1170. The molecule has 0 unspecified atom stereocenters. The number of carbonyl (C=O) groups is 1. The third-order valence-corrected chi connectivity index (χ3v) is 4.82. The van der Waals surface area contributed by atoms with Crippen molar-refractivity contribution in [2.75, 3.05) is 18.1 Å². The van der Waals surface area contributed by atoms with Gasteiger partial charge in [0, 0.05) is 43.3 Å². The predicted octanol–water partition coefficient (Wildman–Crippen LogP) is 3.90. The predicted molar refractivity (Wildman–Crippen MR) is 106 cm³/mol. The van der Waals surface area contributed by atoms with Gasteiger partial charge in [0.15, 0.2) is 11.6 Å². The molecule has 1 saturated heterocycles. The summed E-state index contributed by atoms with van der Waals surface area (Å²) in [5.41, 5.74) is -3.41. The van der Waals surface area contributed by atoms with Crippen molar-refractivity contribution in [1.29, 1.82) is 0 Å². The molecule has 3 aromatic rings. The molecule has 1 amide bonds. The highest BCUT2D eigenvalue weighted by Gasteiger charge is 2.37. The molecule has 34 heavy (non-hydrogen) atoms. The summed E-state index contributed by atoms with van der Waals surface area (Å²) in [5.74, 6) is -0.315. The first-order chi connectivity index (χ1) is 16.0.